The minimum atomic E-state index is -1.30. The van der Waals surface area contributed by atoms with Crippen molar-refractivity contribution >= 4 is 51.9 Å². The fourth-order valence-corrected chi connectivity index (χ4v) is 3.87. The van der Waals surface area contributed by atoms with E-state index < -0.39 is 5.97 Å². The molecule has 0 aromatic heterocycles. The van der Waals surface area contributed by atoms with Gasteiger partial charge < -0.3 is 9.90 Å². The lowest BCUT2D eigenvalue weighted by Gasteiger charge is -2.15. The first kappa shape index (κ1) is 18.1. The van der Waals surface area contributed by atoms with Gasteiger partial charge in [-0.3, -0.25) is 9.69 Å². The molecule has 2 aromatic rings. The van der Waals surface area contributed by atoms with Crippen LogP contribution in [0.15, 0.2) is 71.2 Å². The molecule has 1 heterocycles. The third kappa shape index (κ3) is 3.92. The number of benzene rings is 2. The van der Waals surface area contributed by atoms with Crippen molar-refractivity contribution in [2.24, 2.45) is 0 Å². The van der Waals surface area contributed by atoms with Crippen molar-refractivity contribution in [2.75, 3.05) is 4.90 Å². The molecule has 1 fully saturated rings. The smallest absolute Gasteiger partial charge is 0.270 e. The highest BCUT2D eigenvalue weighted by Gasteiger charge is 2.33. The number of carbonyl (C=O) groups excluding carboxylic acids is 2. The Balaban J connectivity index is 1.88. The van der Waals surface area contributed by atoms with Gasteiger partial charge in [0.15, 0.2) is 4.32 Å². The molecule has 0 spiro atoms. The molecule has 4 nitrogen and oxygen atoms in total. The van der Waals surface area contributed by atoms with Gasteiger partial charge in [0.25, 0.3) is 5.91 Å². The van der Waals surface area contributed by atoms with Gasteiger partial charge in [-0.1, -0.05) is 72.5 Å². The minimum absolute atomic E-state index is 0.000633. The Morgan fingerprint density at radius 2 is 1.88 bits per heavy atom. The van der Waals surface area contributed by atoms with Crippen molar-refractivity contribution in [1.82, 2.24) is 0 Å². The summed E-state index contributed by atoms with van der Waals surface area (Å²) in [5.74, 6) is -1.56. The third-order valence-electron chi connectivity index (χ3n) is 3.69. The number of hydrogen-bond acceptors (Lipinski definition) is 5. The van der Waals surface area contributed by atoms with Crippen LogP contribution in [0.3, 0.4) is 0 Å². The van der Waals surface area contributed by atoms with E-state index in [0.717, 1.165) is 11.1 Å². The summed E-state index contributed by atoms with van der Waals surface area (Å²) < 4.78 is 0.365. The molecule has 0 aliphatic carbocycles. The molecule has 6 heteroatoms. The first-order chi connectivity index (χ1) is 12.5. The monoisotopic (exact) mass is 380 g/mol. The molecule has 3 rings (SSSR count). The van der Waals surface area contributed by atoms with Gasteiger partial charge in [0, 0.05) is 0 Å². The van der Waals surface area contributed by atoms with Crippen LogP contribution in [0.4, 0.5) is 5.69 Å². The van der Waals surface area contributed by atoms with Crippen molar-refractivity contribution in [2.45, 2.75) is 6.92 Å². The highest BCUT2D eigenvalue weighted by atomic mass is 32.2. The normalized spacial score (nSPS) is 16.4. The lowest BCUT2D eigenvalue weighted by Crippen LogP contribution is -2.28. The van der Waals surface area contributed by atoms with E-state index in [0.29, 0.717) is 14.9 Å². The summed E-state index contributed by atoms with van der Waals surface area (Å²) >= 11 is 6.51. The molecule has 0 saturated carbocycles. The number of hydrogen-bond donors (Lipinski definition) is 0. The van der Waals surface area contributed by atoms with Crippen LogP contribution >= 0.6 is 24.0 Å². The summed E-state index contributed by atoms with van der Waals surface area (Å²) in [7, 11) is 0. The minimum Gasteiger partial charge on any atom is -0.545 e. The van der Waals surface area contributed by atoms with Crippen LogP contribution in [0.1, 0.15) is 22.8 Å². The maximum atomic E-state index is 12.7. The average Bonchev–Trinajstić information content (AvgIpc) is 2.89. The lowest BCUT2D eigenvalue weighted by atomic mass is 10.1. The summed E-state index contributed by atoms with van der Waals surface area (Å²) in [4.78, 5) is 25.6. The van der Waals surface area contributed by atoms with Crippen LogP contribution in [-0.2, 0) is 4.79 Å². The zero-order chi connectivity index (χ0) is 18.7. The molecule has 0 bridgehead atoms. The summed E-state index contributed by atoms with van der Waals surface area (Å²) in [5, 5.41) is 11.0. The Kier molecular flexibility index (Phi) is 5.35. The third-order valence-corrected chi connectivity index (χ3v) is 4.99. The molecule has 130 valence electrons. The van der Waals surface area contributed by atoms with Crippen molar-refractivity contribution in [3.8, 4) is 0 Å². The van der Waals surface area contributed by atoms with Crippen molar-refractivity contribution in [3.05, 3.63) is 82.3 Å². The molecule has 1 aliphatic heterocycles. The predicted octanol–water partition coefficient (Wildman–Crippen LogP) is 3.40. The number of carboxylic acid groups (broad SMARTS) is 1. The fourth-order valence-electron chi connectivity index (χ4n) is 2.52. The summed E-state index contributed by atoms with van der Waals surface area (Å²) in [6, 6.07) is 15.8. The first-order valence-electron chi connectivity index (χ1n) is 7.78. The van der Waals surface area contributed by atoms with Crippen LogP contribution in [-0.4, -0.2) is 16.2 Å². The number of thioether (sulfide) groups is 1. The van der Waals surface area contributed by atoms with Gasteiger partial charge in [-0.05, 0) is 41.8 Å². The first-order valence-corrected chi connectivity index (χ1v) is 9.01. The molecule has 0 N–H and O–H groups in total. The number of amides is 1. The quantitative estimate of drug-likeness (QED) is 0.601. The van der Waals surface area contributed by atoms with Gasteiger partial charge in [0.2, 0.25) is 0 Å². The highest BCUT2D eigenvalue weighted by Crippen LogP contribution is 2.35. The van der Waals surface area contributed by atoms with Crippen LogP contribution in [0.5, 0.6) is 0 Å². The maximum Gasteiger partial charge on any atom is 0.270 e. The molecule has 1 saturated heterocycles. The van der Waals surface area contributed by atoms with E-state index in [1.807, 2.05) is 43.3 Å². The number of allylic oxidation sites excluding steroid dienone is 2. The van der Waals surface area contributed by atoms with E-state index in [9.17, 15) is 14.7 Å². The van der Waals surface area contributed by atoms with Crippen LogP contribution < -0.4 is 10.0 Å². The number of carboxylic acids is 1. The number of aromatic carboxylic acids is 1. The Morgan fingerprint density at radius 1 is 1.15 bits per heavy atom. The number of anilines is 1. The van der Waals surface area contributed by atoms with Crippen molar-refractivity contribution in [3.63, 3.8) is 0 Å². The molecule has 0 atom stereocenters. The second kappa shape index (κ2) is 7.68. The second-order valence-electron chi connectivity index (χ2n) is 5.65. The second-order valence-corrected chi connectivity index (χ2v) is 7.33. The highest BCUT2D eigenvalue weighted by molar-refractivity contribution is 8.27. The Hall–Kier alpha value is -2.70. The van der Waals surface area contributed by atoms with Gasteiger partial charge in [0.05, 0.1) is 16.6 Å². The van der Waals surface area contributed by atoms with Crippen LogP contribution in [0, 0.1) is 0 Å². The van der Waals surface area contributed by atoms with Gasteiger partial charge in [-0.25, -0.2) is 0 Å². The molecule has 26 heavy (non-hydrogen) atoms. The molecule has 2 aromatic carbocycles. The molecular formula is C20H14NO3S2-. The average molecular weight is 380 g/mol. The Bertz CT molecular complexity index is 949. The summed E-state index contributed by atoms with van der Waals surface area (Å²) in [6.45, 7) is 1.91. The topological polar surface area (TPSA) is 60.4 Å². The zero-order valence-electron chi connectivity index (χ0n) is 13.8. The van der Waals surface area contributed by atoms with E-state index in [2.05, 4.69) is 0 Å². The molecule has 1 aliphatic rings. The zero-order valence-corrected chi connectivity index (χ0v) is 15.5. The van der Waals surface area contributed by atoms with Crippen molar-refractivity contribution < 1.29 is 14.7 Å². The number of nitrogens with zero attached hydrogens (tertiary/aromatic N) is 1. The van der Waals surface area contributed by atoms with Gasteiger partial charge in [0.1, 0.15) is 0 Å². The van der Waals surface area contributed by atoms with E-state index in [1.165, 1.54) is 28.8 Å². The van der Waals surface area contributed by atoms with Crippen LogP contribution in [0.25, 0.3) is 6.08 Å². The number of thiocarbonyl (C=S) groups is 1. The van der Waals surface area contributed by atoms with E-state index >= 15 is 0 Å². The molecular weight excluding hydrogens is 366 g/mol. The number of carbonyl (C=O) groups is 2. The molecule has 0 radical (unpaired) electrons. The van der Waals surface area contributed by atoms with Gasteiger partial charge >= 0.3 is 0 Å². The Morgan fingerprint density at radius 3 is 2.58 bits per heavy atom. The standard InChI is InChI=1S/C20H15NO3S2/c1-13(10-14-6-3-2-4-7-14)11-17-18(22)21(20(25)26-17)16-9-5-8-15(12-16)19(23)24/h2-12H,1H3,(H,23,24)/p-1/b13-10?,17-11-. The lowest BCUT2D eigenvalue weighted by molar-refractivity contribution is -0.255. The van der Waals surface area contributed by atoms with Gasteiger partial charge in [-0.2, -0.15) is 0 Å². The molecule has 0 unspecified atom stereocenters. The predicted molar refractivity (Wildman–Crippen MR) is 107 cm³/mol. The van der Waals surface area contributed by atoms with E-state index in [-0.39, 0.29) is 11.5 Å². The van der Waals surface area contributed by atoms with E-state index in [4.69, 9.17) is 12.2 Å². The fraction of sp³-hybridized carbons (Fsp3) is 0.0500. The summed E-state index contributed by atoms with van der Waals surface area (Å²) in [5.41, 5.74) is 2.38. The SMILES string of the molecule is CC(=Cc1ccccc1)/C=C1\SC(=S)N(c2cccc(C(=O)[O-])c2)C1=O. The van der Waals surface area contributed by atoms with Crippen molar-refractivity contribution in [1.29, 1.82) is 0 Å². The largest absolute Gasteiger partial charge is 0.545 e. The summed E-state index contributed by atoms with van der Waals surface area (Å²) in [6.07, 6.45) is 3.76. The molecule has 1 amide bonds. The van der Waals surface area contributed by atoms with E-state index in [1.54, 1.807) is 18.2 Å². The maximum absolute atomic E-state index is 12.7. The van der Waals surface area contributed by atoms with Gasteiger partial charge in [-0.15, -0.1) is 0 Å². The van der Waals surface area contributed by atoms with Crippen LogP contribution in [0.2, 0.25) is 0 Å². The number of rotatable bonds is 4. The Labute approximate surface area is 160 Å².